The lowest BCUT2D eigenvalue weighted by Crippen LogP contribution is -2.04. The maximum atomic E-state index is 12.8. The van der Waals surface area contributed by atoms with Crippen LogP contribution in [0.15, 0.2) is 108 Å². The minimum absolute atomic E-state index is 0.0471. The highest BCUT2D eigenvalue weighted by molar-refractivity contribution is 8.00. The lowest BCUT2D eigenvalue weighted by atomic mass is 9.97. The molecule has 0 fully saturated rings. The Hall–Kier alpha value is -3.91. The summed E-state index contributed by atoms with van der Waals surface area (Å²) in [5.74, 6) is 0.116. The molecule has 1 aromatic heterocycles. The SMILES string of the molecule is N#Cc1c(-c2ccccc2)cc(-c2cccc3ccccc23)nc1SCC(=O)c1ccc(Cl)cc1. The number of nitriles is 1. The molecule has 3 nitrogen and oxygen atoms in total. The summed E-state index contributed by atoms with van der Waals surface area (Å²) in [6, 6.07) is 35.2. The van der Waals surface area contributed by atoms with Crippen molar-refractivity contribution in [2.45, 2.75) is 5.03 Å². The fourth-order valence-electron chi connectivity index (χ4n) is 4.02. The molecule has 0 N–H and O–H groups in total. The van der Waals surface area contributed by atoms with Gasteiger partial charge in [-0.1, -0.05) is 96.2 Å². The number of aromatic nitrogens is 1. The molecule has 0 amide bonds. The van der Waals surface area contributed by atoms with Crippen molar-refractivity contribution in [1.29, 1.82) is 5.26 Å². The highest BCUT2D eigenvalue weighted by Gasteiger charge is 2.18. The number of benzene rings is 4. The zero-order valence-electron chi connectivity index (χ0n) is 18.6. The molecule has 168 valence electrons. The van der Waals surface area contributed by atoms with E-state index in [9.17, 15) is 10.1 Å². The molecule has 0 unspecified atom stereocenters. The topological polar surface area (TPSA) is 53.8 Å². The number of rotatable bonds is 6. The minimum atomic E-state index is -0.0471. The number of halogens is 1. The maximum absolute atomic E-state index is 12.8. The molecule has 0 aliphatic heterocycles. The molecule has 5 rings (SSSR count). The van der Waals surface area contributed by atoms with E-state index in [2.05, 4.69) is 24.3 Å². The van der Waals surface area contributed by atoms with Crippen molar-refractivity contribution in [2.75, 3.05) is 5.75 Å². The van der Waals surface area contributed by atoms with Crippen molar-refractivity contribution < 1.29 is 4.79 Å². The van der Waals surface area contributed by atoms with E-state index in [1.54, 1.807) is 24.3 Å². The number of Topliss-reactive ketones (excluding diaryl/α,β-unsaturated/α-hetero) is 1. The van der Waals surface area contributed by atoms with Gasteiger partial charge in [0.25, 0.3) is 0 Å². The molecule has 0 radical (unpaired) electrons. The van der Waals surface area contributed by atoms with Crippen LogP contribution >= 0.6 is 23.4 Å². The highest BCUT2D eigenvalue weighted by atomic mass is 35.5. The van der Waals surface area contributed by atoms with Gasteiger partial charge in [-0.2, -0.15) is 5.26 Å². The van der Waals surface area contributed by atoms with Crippen molar-refractivity contribution in [3.63, 3.8) is 0 Å². The smallest absolute Gasteiger partial charge is 0.173 e. The number of pyridine rings is 1. The highest BCUT2D eigenvalue weighted by Crippen LogP contribution is 2.36. The van der Waals surface area contributed by atoms with Gasteiger partial charge in [-0.15, -0.1) is 0 Å². The first-order valence-corrected chi connectivity index (χ1v) is 12.4. The van der Waals surface area contributed by atoms with Crippen molar-refractivity contribution in [3.8, 4) is 28.5 Å². The predicted molar refractivity (Wildman–Crippen MR) is 144 cm³/mol. The Bertz CT molecular complexity index is 1570. The van der Waals surface area contributed by atoms with Crippen molar-refractivity contribution in [3.05, 3.63) is 119 Å². The zero-order chi connectivity index (χ0) is 24.2. The van der Waals surface area contributed by atoms with Crippen LogP contribution < -0.4 is 0 Å². The summed E-state index contributed by atoms with van der Waals surface area (Å²) < 4.78 is 0. The standard InChI is InChI=1S/C30H19ClN2OS/c31-23-15-13-22(14-16-23)29(34)19-35-30-27(18-32)26(21-7-2-1-3-8-21)17-28(33-30)25-12-6-10-20-9-4-5-11-24(20)25/h1-17H,19H2. The van der Waals surface area contributed by atoms with Crippen molar-refractivity contribution >= 4 is 39.9 Å². The van der Waals surface area contributed by atoms with E-state index in [0.29, 0.717) is 21.2 Å². The molecular formula is C30H19ClN2OS. The van der Waals surface area contributed by atoms with E-state index in [1.165, 1.54) is 11.8 Å². The summed E-state index contributed by atoms with van der Waals surface area (Å²) in [5, 5.41) is 13.4. The van der Waals surface area contributed by atoms with Gasteiger partial charge >= 0.3 is 0 Å². The summed E-state index contributed by atoms with van der Waals surface area (Å²) in [4.78, 5) is 17.7. The molecule has 0 aliphatic rings. The third-order valence-electron chi connectivity index (χ3n) is 5.75. The monoisotopic (exact) mass is 490 g/mol. The third kappa shape index (κ3) is 4.83. The van der Waals surface area contributed by atoms with Gasteiger partial charge in [-0.25, -0.2) is 4.98 Å². The van der Waals surface area contributed by atoms with Crippen LogP contribution in [-0.4, -0.2) is 16.5 Å². The number of thioether (sulfide) groups is 1. The van der Waals surface area contributed by atoms with Crippen LogP contribution in [0.5, 0.6) is 0 Å². The third-order valence-corrected chi connectivity index (χ3v) is 6.98. The Labute approximate surface area is 213 Å². The van der Waals surface area contributed by atoms with E-state index in [1.807, 2.05) is 60.7 Å². The van der Waals surface area contributed by atoms with E-state index in [4.69, 9.17) is 16.6 Å². The normalized spacial score (nSPS) is 10.7. The van der Waals surface area contributed by atoms with Gasteiger partial charge in [0.05, 0.1) is 17.0 Å². The summed E-state index contributed by atoms with van der Waals surface area (Å²) in [6.07, 6.45) is 0. The fourth-order valence-corrected chi connectivity index (χ4v) is 5.04. The van der Waals surface area contributed by atoms with E-state index in [0.717, 1.165) is 33.2 Å². The first-order chi connectivity index (χ1) is 17.1. The molecule has 1 heterocycles. The number of ketones is 1. The quantitative estimate of drug-likeness (QED) is 0.178. The van der Waals surface area contributed by atoms with Crippen LogP contribution in [0.3, 0.4) is 0 Å². The first-order valence-electron chi connectivity index (χ1n) is 11.0. The van der Waals surface area contributed by atoms with Crippen LogP contribution in [-0.2, 0) is 0 Å². The number of fused-ring (bicyclic) bond motifs is 1. The molecule has 4 aromatic carbocycles. The van der Waals surface area contributed by atoms with Crippen LogP contribution in [0.25, 0.3) is 33.2 Å². The van der Waals surface area contributed by atoms with Gasteiger partial charge in [0.2, 0.25) is 0 Å². The number of hydrogen-bond acceptors (Lipinski definition) is 4. The predicted octanol–water partition coefficient (Wildman–Crippen LogP) is 8.07. The maximum Gasteiger partial charge on any atom is 0.173 e. The molecular weight excluding hydrogens is 472 g/mol. The molecule has 0 saturated heterocycles. The second-order valence-corrected chi connectivity index (χ2v) is 9.36. The van der Waals surface area contributed by atoms with E-state index in [-0.39, 0.29) is 11.5 Å². The van der Waals surface area contributed by atoms with E-state index < -0.39 is 0 Å². The van der Waals surface area contributed by atoms with Crippen molar-refractivity contribution in [1.82, 2.24) is 4.98 Å². The molecule has 0 bridgehead atoms. The molecule has 35 heavy (non-hydrogen) atoms. The molecule has 5 heteroatoms. The average Bonchev–Trinajstić information content (AvgIpc) is 2.91. The zero-order valence-corrected chi connectivity index (χ0v) is 20.2. The first kappa shape index (κ1) is 22.9. The van der Waals surface area contributed by atoms with Crippen LogP contribution in [0, 0.1) is 11.3 Å². The number of hydrogen-bond donors (Lipinski definition) is 0. The van der Waals surface area contributed by atoms with Crippen molar-refractivity contribution in [2.24, 2.45) is 0 Å². The number of carbonyl (C=O) groups is 1. The summed E-state index contributed by atoms with van der Waals surface area (Å²) in [5.41, 5.74) is 4.52. The average molecular weight is 491 g/mol. The Morgan fingerprint density at radius 1 is 0.857 bits per heavy atom. The Morgan fingerprint density at radius 3 is 2.34 bits per heavy atom. The van der Waals surface area contributed by atoms with Gasteiger partial charge in [-0.05, 0) is 46.7 Å². The largest absolute Gasteiger partial charge is 0.293 e. The van der Waals surface area contributed by atoms with Gasteiger partial charge < -0.3 is 0 Å². The molecule has 5 aromatic rings. The number of nitrogens with zero attached hydrogens (tertiary/aromatic N) is 2. The minimum Gasteiger partial charge on any atom is -0.293 e. The Balaban J connectivity index is 1.62. The molecule has 0 spiro atoms. The molecule has 0 aliphatic carbocycles. The number of carbonyl (C=O) groups excluding carboxylic acids is 1. The molecule has 0 saturated carbocycles. The summed E-state index contributed by atoms with van der Waals surface area (Å²) in [7, 11) is 0. The van der Waals surface area contributed by atoms with Crippen LogP contribution in [0.2, 0.25) is 5.02 Å². The van der Waals surface area contributed by atoms with E-state index >= 15 is 0 Å². The van der Waals surface area contributed by atoms with Gasteiger partial charge in [-0.3, -0.25) is 4.79 Å². The Morgan fingerprint density at radius 2 is 1.57 bits per heavy atom. The Kier molecular flexibility index (Phi) is 6.63. The van der Waals surface area contributed by atoms with Gasteiger partial charge in [0, 0.05) is 21.7 Å². The van der Waals surface area contributed by atoms with Crippen LogP contribution in [0.1, 0.15) is 15.9 Å². The summed E-state index contributed by atoms with van der Waals surface area (Å²) >= 11 is 7.24. The second kappa shape index (κ2) is 10.1. The summed E-state index contributed by atoms with van der Waals surface area (Å²) in [6.45, 7) is 0. The lowest BCUT2D eigenvalue weighted by molar-refractivity contribution is 0.102. The van der Waals surface area contributed by atoms with Gasteiger partial charge in [0.15, 0.2) is 5.78 Å². The van der Waals surface area contributed by atoms with Crippen LogP contribution in [0.4, 0.5) is 0 Å². The fraction of sp³-hybridized carbons (Fsp3) is 0.0333. The lowest BCUT2D eigenvalue weighted by Gasteiger charge is -2.14. The molecule has 0 atom stereocenters. The van der Waals surface area contributed by atoms with Gasteiger partial charge in [0.1, 0.15) is 11.1 Å². The second-order valence-electron chi connectivity index (χ2n) is 7.96.